The molecule has 0 radical (unpaired) electrons. The molecule has 0 aliphatic carbocycles. The monoisotopic (exact) mass is 198 g/mol. The van der Waals surface area contributed by atoms with Crippen molar-refractivity contribution in [1.29, 1.82) is 0 Å². The van der Waals surface area contributed by atoms with Crippen LogP contribution in [0.2, 0.25) is 0 Å². The maximum Gasteiger partial charge on any atom is 0.253 e. The molecule has 0 saturated carbocycles. The summed E-state index contributed by atoms with van der Waals surface area (Å²) < 4.78 is 0. The maximum atomic E-state index is 11.7. The van der Waals surface area contributed by atoms with E-state index in [2.05, 4.69) is 0 Å². The fourth-order valence-corrected chi connectivity index (χ4v) is 0.896. The summed E-state index contributed by atoms with van der Waals surface area (Å²) in [6.45, 7) is 5.26. The molecule has 0 fully saturated rings. The Hall–Kier alpha value is -1.32. The molecular weight excluding hydrogens is 180 g/mol. The largest absolute Gasteiger partial charge is 0.383 e. The summed E-state index contributed by atoms with van der Waals surface area (Å²) >= 11 is 0. The predicted octanol–water partition coefficient (Wildman–Crippen LogP) is 0.532. The number of hydrogen-bond acceptors (Lipinski definition) is 3. The second kappa shape index (κ2) is 4.26. The van der Waals surface area contributed by atoms with Crippen molar-refractivity contribution < 1.29 is 9.59 Å². The summed E-state index contributed by atoms with van der Waals surface area (Å²) in [4.78, 5) is 24.4. The number of ketones is 1. The fourth-order valence-electron chi connectivity index (χ4n) is 0.896. The van der Waals surface area contributed by atoms with E-state index in [4.69, 9.17) is 5.73 Å². The predicted molar refractivity (Wildman–Crippen MR) is 55.4 cm³/mol. The minimum atomic E-state index is -0.682. The van der Waals surface area contributed by atoms with Gasteiger partial charge in [-0.05, 0) is 0 Å². The Labute approximate surface area is 84.8 Å². The molecule has 0 heterocycles. The minimum absolute atomic E-state index is 0.0440. The Balaban J connectivity index is 5.06. The van der Waals surface area contributed by atoms with Gasteiger partial charge in [0.1, 0.15) is 0 Å². The van der Waals surface area contributed by atoms with E-state index < -0.39 is 11.3 Å². The molecule has 0 rings (SSSR count). The van der Waals surface area contributed by atoms with Crippen LogP contribution >= 0.6 is 0 Å². The Morgan fingerprint density at radius 1 is 1.21 bits per heavy atom. The van der Waals surface area contributed by atoms with E-state index in [1.165, 1.54) is 6.20 Å². The van der Waals surface area contributed by atoms with E-state index >= 15 is 0 Å². The van der Waals surface area contributed by atoms with Crippen LogP contribution in [0, 0.1) is 5.41 Å². The number of carbonyl (C=O) groups is 2. The van der Waals surface area contributed by atoms with Gasteiger partial charge in [-0.25, -0.2) is 0 Å². The van der Waals surface area contributed by atoms with Crippen LogP contribution < -0.4 is 5.73 Å². The van der Waals surface area contributed by atoms with E-state index in [9.17, 15) is 9.59 Å². The van der Waals surface area contributed by atoms with Crippen LogP contribution in [0.3, 0.4) is 0 Å². The smallest absolute Gasteiger partial charge is 0.253 e. The number of nitrogens with zero attached hydrogens (tertiary/aromatic N) is 1. The van der Waals surface area contributed by atoms with Gasteiger partial charge in [-0.2, -0.15) is 0 Å². The van der Waals surface area contributed by atoms with Gasteiger partial charge in [0.15, 0.2) is 5.78 Å². The van der Waals surface area contributed by atoms with E-state index in [1.807, 2.05) is 0 Å². The molecule has 4 heteroatoms. The lowest BCUT2D eigenvalue weighted by Crippen LogP contribution is -2.31. The van der Waals surface area contributed by atoms with Crippen LogP contribution in [0.4, 0.5) is 0 Å². The van der Waals surface area contributed by atoms with Gasteiger partial charge >= 0.3 is 0 Å². The molecule has 0 aliphatic heterocycles. The Morgan fingerprint density at radius 3 is 1.86 bits per heavy atom. The zero-order chi connectivity index (χ0) is 11.5. The van der Waals surface area contributed by atoms with Crippen LogP contribution in [0.1, 0.15) is 20.8 Å². The van der Waals surface area contributed by atoms with Crippen molar-refractivity contribution in [3.8, 4) is 0 Å². The summed E-state index contributed by atoms with van der Waals surface area (Å²) in [6, 6.07) is 0. The number of amides is 1. The molecular formula is C10H18N2O2. The molecule has 0 aromatic carbocycles. The Kier molecular flexibility index (Phi) is 3.86. The molecule has 2 N–H and O–H groups in total. The highest BCUT2D eigenvalue weighted by molar-refractivity contribution is 6.20. The van der Waals surface area contributed by atoms with Crippen molar-refractivity contribution in [2.75, 3.05) is 14.1 Å². The van der Waals surface area contributed by atoms with E-state index in [1.54, 1.807) is 39.8 Å². The van der Waals surface area contributed by atoms with Crippen molar-refractivity contribution in [3.05, 3.63) is 11.8 Å². The normalized spacial score (nSPS) is 12.5. The van der Waals surface area contributed by atoms with Crippen molar-refractivity contribution in [1.82, 2.24) is 4.90 Å². The molecule has 0 atom stereocenters. The van der Waals surface area contributed by atoms with E-state index in [-0.39, 0.29) is 11.4 Å². The molecule has 0 saturated heterocycles. The molecule has 0 aliphatic rings. The van der Waals surface area contributed by atoms with Crippen molar-refractivity contribution in [2.45, 2.75) is 20.8 Å². The van der Waals surface area contributed by atoms with Gasteiger partial charge in [0.05, 0.1) is 5.57 Å². The van der Waals surface area contributed by atoms with Crippen molar-refractivity contribution in [3.63, 3.8) is 0 Å². The first kappa shape index (κ1) is 12.7. The molecule has 0 bridgehead atoms. The van der Waals surface area contributed by atoms with Crippen LogP contribution in [0.25, 0.3) is 0 Å². The molecule has 0 unspecified atom stereocenters. The first-order chi connectivity index (χ1) is 6.16. The average Bonchev–Trinajstić information content (AvgIpc) is 1.96. The zero-order valence-corrected chi connectivity index (χ0v) is 9.42. The number of hydrogen-bond donors (Lipinski definition) is 1. The van der Waals surface area contributed by atoms with Crippen LogP contribution in [-0.4, -0.2) is 30.7 Å². The quantitative estimate of drug-likeness (QED) is 0.409. The van der Waals surface area contributed by atoms with Gasteiger partial charge in [0.25, 0.3) is 5.91 Å². The van der Waals surface area contributed by atoms with Crippen LogP contribution in [0.5, 0.6) is 0 Å². The van der Waals surface area contributed by atoms with Gasteiger partial charge in [-0.15, -0.1) is 0 Å². The number of primary amides is 1. The van der Waals surface area contributed by atoms with E-state index in [0.717, 1.165) is 0 Å². The summed E-state index contributed by atoms with van der Waals surface area (Å²) in [7, 11) is 3.47. The Bertz CT molecular complexity index is 272. The van der Waals surface area contributed by atoms with Crippen LogP contribution in [0.15, 0.2) is 11.8 Å². The first-order valence-electron chi connectivity index (χ1n) is 4.39. The molecule has 4 nitrogen and oxygen atoms in total. The third-order valence-electron chi connectivity index (χ3n) is 1.58. The average molecular weight is 198 g/mol. The lowest BCUT2D eigenvalue weighted by Gasteiger charge is -2.18. The third-order valence-corrected chi connectivity index (χ3v) is 1.58. The van der Waals surface area contributed by atoms with Gasteiger partial charge in [-0.1, -0.05) is 20.8 Å². The maximum absolute atomic E-state index is 11.7. The standard InChI is InChI=1S/C10H18N2O2/c1-10(2,3)8(13)7(9(11)14)6-12(4)5/h6H,1-5H3,(H2,11,14). The summed E-state index contributed by atoms with van der Waals surface area (Å²) in [5, 5.41) is 0. The summed E-state index contributed by atoms with van der Waals surface area (Å²) in [6.07, 6.45) is 1.45. The zero-order valence-electron chi connectivity index (χ0n) is 9.42. The Morgan fingerprint density at radius 2 is 1.64 bits per heavy atom. The van der Waals surface area contributed by atoms with Gasteiger partial charge in [-0.3, -0.25) is 9.59 Å². The highest BCUT2D eigenvalue weighted by Gasteiger charge is 2.28. The fraction of sp³-hybridized carbons (Fsp3) is 0.600. The number of nitrogens with two attached hydrogens (primary N) is 1. The molecule has 14 heavy (non-hydrogen) atoms. The van der Waals surface area contributed by atoms with Gasteiger partial charge in [0, 0.05) is 25.7 Å². The molecule has 1 amide bonds. The second-order valence-corrected chi connectivity index (χ2v) is 4.45. The number of Topliss-reactive ketones (excluding diaryl/α,β-unsaturated/α-hetero) is 1. The number of rotatable bonds is 3. The molecule has 0 aromatic rings. The lowest BCUT2D eigenvalue weighted by molar-refractivity contribution is -0.125. The highest BCUT2D eigenvalue weighted by atomic mass is 16.2. The lowest BCUT2D eigenvalue weighted by atomic mass is 9.86. The SMILES string of the molecule is CN(C)C=C(C(N)=O)C(=O)C(C)(C)C. The summed E-state index contributed by atoms with van der Waals surface area (Å²) in [5.41, 5.74) is 4.59. The van der Waals surface area contributed by atoms with Gasteiger partial charge < -0.3 is 10.6 Å². The topological polar surface area (TPSA) is 63.4 Å². The second-order valence-electron chi connectivity index (χ2n) is 4.45. The molecule has 0 aromatic heterocycles. The summed E-state index contributed by atoms with van der Waals surface area (Å²) in [5.74, 6) is -0.919. The minimum Gasteiger partial charge on any atom is -0.383 e. The van der Waals surface area contributed by atoms with Crippen LogP contribution in [-0.2, 0) is 9.59 Å². The molecule has 80 valence electrons. The van der Waals surface area contributed by atoms with E-state index in [0.29, 0.717) is 0 Å². The highest BCUT2D eigenvalue weighted by Crippen LogP contribution is 2.19. The number of carbonyl (C=O) groups excluding carboxylic acids is 2. The molecule has 0 spiro atoms. The third kappa shape index (κ3) is 3.60. The van der Waals surface area contributed by atoms with Crippen molar-refractivity contribution >= 4 is 11.7 Å². The van der Waals surface area contributed by atoms with Crippen molar-refractivity contribution in [2.24, 2.45) is 11.1 Å². The van der Waals surface area contributed by atoms with Gasteiger partial charge in [0.2, 0.25) is 0 Å². The first-order valence-corrected chi connectivity index (χ1v) is 4.39.